The van der Waals surface area contributed by atoms with Gasteiger partial charge in [0, 0.05) is 49.9 Å². The van der Waals surface area contributed by atoms with Crippen molar-refractivity contribution >= 4 is 43.5 Å². The summed E-state index contributed by atoms with van der Waals surface area (Å²) in [6.45, 7) is 5.29. The Morgan fingerprint density at radius 3 is 1.81 bits per heavy atom. The number of nitro groups is 2. The van der Waals surface area contributed by atoms with E-state index in [2.05, 4.69) is 5.32 Å². The molecule has 4 rings (SSSR count). The summed E-state index contributed by atoms with van der Waals surface area (Å²) in [7, 11) is -9.01. The van der Waals surface area contributed by atoms with Crippen LogP contribution in [0.4, 0.5) is 16.2 Å². The van der Waals surface area contributed by atoms with Crippen LogP contribution in [-0.4, -0.2) is 96.8 Å². The molecule has 2 fully saturated rings. The molecule has 2 aliphatic rings. The monoisotopic (exact) mass is 715 g/mol. The van der Waals surface area contributed by atoms with Gasteiger partial charge in [-0.3, -0.25) is 29.2 Å². The van der Waals surface area contributed by atoms with Gasteiger partial charge in [-0.25, -0.2) is 13.2 Å². The minimum Gasteiger partial charge on any atom is -0.444 e. The maximum atomic E-state index is 13.8. The van der Waals surface area contributed by atoms with Crippen LogP contribution in [0.25, 0.3) is 0 Å². The molecule has 2 saturated heterocycles. The minimum atomic E-state index is -4.51. The van der Waals surface area contributed by atoms with Crippen molar-refractivity contribution in [2.24, 2.45) is 0 Å². The summed E-state index contributed by atoms with van der Waals surface area (Å²) in [6.07, 6.45) is -1.12. The summed E-state index contributed by atoms with van der Waals surface area (Å²) in [5.74, 6) is -0.636. The Morgan fingerprint density at radius 2 is 1.33 bits per heavy atom. The lowest BCUT2D eigenvalue weighted by Crippen LogP contribution is -2.57. The molecule has 2 aliphatic heterocycles. The third-order valence-corrected chi connectivity index (χ3v) is 10.8. The fraction of sp³-hybridized carbons (Fsp3) is 0.500. The lowest BCUT2D eigenvalue weighted by atomic mass is 10.00. The molecule has 18 nitrogen and oxygen atoms in total. The zero-order chi connectivity index (χ0) is 34.7. The van der Waals surface area contributed by atoms with Crippen LogP contribution in [0, 0.1) is 20.2 Å². The average molecular weight is 716 g/mol. The molecule has 20 heteroatoms. The average Bonchev–Trinajstić information content (AvgIpc) is 3.00. The molecule has 0 spiro atoms. The molecule has 264 valence electrons. The molecule has 0 aliphatic carbocycles. The number of non-ortho nitro benzene ring substituents is 2. The van der Waals surface area contributed by atoms with Gasteiger partial charge in [0.05, 0.1) is 25.7 Å². The quantitative estimate of drug-likeness (QED) is 0.222. The molecule has 2 aromatic rings. The summed E-state index contributed by atoms with van der Waals surface area (Å²) >= 11 is 0. The van der Waals surface area contributed by atoms with Crippen molar-refractivity contribution in [3.8, 4) is 0 Å². The molecular weight excluding hydrogens is 678 g/mol. The molecule has 2 aromatic carbocycles. The summed E-state index contributed by atoms with van der Waals surface area (Å²) in [5, 5.41) is 24.9. The largest absolute Gasteiger partial charge is 0.444 e. The summed E-state index contributed by atoms with van der Waals surface area (Å²) < 4.78 is 65.2. The Bertz CT molecular complexity index is 1720. The topological polar surface area (TPSA) is 257 Å². The molecule has 0 saturated carbocycles. The van der Waals surface area contributed by atoms with Gasteiger partial charge in [0.1, 0.15) is 11.6 Å². The van der Waals surface area contributed by atoms with Gasteiger partial charge in [-0.2, -0.15) is 12.7 Å². The highest BCUT2D eigenvalue weighted by Gasteiger charge is 2.43. The molecule has 0 unspecified atom stereocenters. The van der Waals surface area contributed by atoms with Gasteiger partial charge >= 0.3 is 6.09 Å². The number of hydrogen-bond acceptors (Lipinski definition) is 12. The number of sulfonamides is 1. The molecule has 2 heterocycles. The van der Waals surface area contributed by atoms with Crippen LogP contribution in [0.3, 0.4) is 0 Å². The molecular formula is C28H37N5O13S2. The number of ether oxygens (including phenoxy) is 1. The van der Waals surface area contributed by atoms with Crippen molar-refractivity contribution in [3.05, 3.63) is 68.8 Å². The fourth-order valence-corrected chi connectivity index (χ4v) is 7.93. The van der Waals surface area contributed by atoms with E-state index in [0.29, 0.717) is 25.9 Å². The van der Waals surface area contributed by atoms with Crippen molar-refractivity contribution in [3.63, 3.8) is 0 Å². The number of amides is 2. The van der Waals surface area contributed by atoms with E-state index in [1.807, 2.05) is 0 Å². The van der Waals surface area contributed by atoms with Crippen LogP contribution in [-0.2, 0) is 33.9 Å². The number of benzene rings is 2. The van der Waals surface area contributed by atoms with E-state index in [-0.39, 0.29) is 45.5 Å². The lowest BCUT2D eigenvalue weighted by molar-refractivity contribution is -0.385. The van der Waals surface area contributed by atoms with Crippen molar-refractivity contribution in [1.82, 2.24) is 14.5 Å². The molecule has 0 aromatic heterocycles. The molecule has 3 N–H and O–H groups in total. The lowest BCUT2D eigenvalue weighted by Gasteiger charge is -2.39. The molecule has 48 heavy (non-hydrogen) atoms. The van der Waals surface area contributed by atoms with Gasteiger partial charge < -0.3 is 20.4 Å². The highest BCUT2D eigenvalue weighted by atomic mass is 32.2. The molecule has 2 atom stereocenters. The first-order chi connectivity index (χ1) is 21.9. The predicted molar refractivity (Wildman–Crippen MR) is 168 cm³/mol. The zero-order valence-electron chi connectivity index (χ0n) is 26.3. The van der Waals surface area contributed by atoms with Crippen LogP contribution in [0.5, 0.6) is 0 Å². The molecule has 0 radical (unpaired) electrons. The van der Waals surface area contributed by atoms with E-state index in [1.165, 1.54) is 4.90 Å². The number of piperidine rings is 2. The van der Waals surface area contributed by atoms with Gasteiger partial charge in [0.15, 0.2) is 0 Å². The van der Waals surface area contributed by atoms with Crippen LogP contribution >= 0.6 is 0 Å². The highest BCUT2D eigenvalue weighted by molar-refractivity contribution is 7.89. The van der Waals surface area contributed by atoms with Crippen molar-refractivity contribution in [1.29, 1.82) is 0 Å². The second-order valence-electron chi connectivity index (χ2n) is 12.1. The van der Waals surface area contributed by atoms with Crippen LogP contribution in [0.15, 0.2) is 58.3 Å². The Labute approximate surface area is 276 Å². The van der Waals surface area contributed by atoms with Gasteiger partial charge in [-0.15, -0.1) is 0 Å². The number of hydrogen-bond donors (Lipinski definition) is 1. The normalized spacial score (nSPS) is 19.5. The van der Waals surface area contributed by atoms with Gasteiger partial charge in [0.2, 0.25) is 15.9 Å². The molecule has 2 amide bonds. The van der Waals surface area contributed by atoms with E-state index in [9.17, 15) is 46.7 Å². The minimum absolute atomic E-state index is 0. The Kier molecular flexibility index (Phi) is 11.9. The Hall–Kier alpha value is -4.24. The number of nitro benzene ring substituents is 2. The first-order valence-electron chi connectivity index (χ1n) is 14.6. The Morgan fingerprint density at radius 1 is 0.833 bits per heavy atom. The van der Waals surface area contributed by atoms with E-state index < -0.39 is 66.3 Å². The number of carbonyl (C=O) groups is 2. The standard InChI is InChI=1S/C28H35N5O12S2.H2O/c1-28(2,3)44-27(35)30-16-14-19(15-17-30)29-26(34)25-13-8-22(45-47(42,43)24-11-6-21(7-12-24)33(38)39)18-31(25)46(40,41)23-9-4-20(5-10-23)32(36)37;/h4-7,9-12,19,22,25H,8,13-18H2,1-3H3,(H,29,34);1H2/t22-,25-;/m0./s1. The van der Waals surface area contributed by atoms with Crippen LogP contribution in [0.2, 0.25) is 0 Å². The fourth-order valence-electron chi connectivity index (χ4n) is 5.19. The number of rotatable bonds is 9. The van der Waals surface area contributed by atoms with E-state index >= 15 is 0 Å². The second kappa shape index (κ2) is 14.9. The number of carbonyl (C=O) groups excluding carboxylic acids is 2. The van der Waals surface area contributed by atoms with E-state index in [0.717, 1.165) is 52.8 Å². The first kappa shape index (κ1) is 38.2. The van der Waals surface area contributed by atoms with Crippen molar-refractivity contribution in [2.75, 3.05) is 19.6 Å². The van der Waals surface area contributed by atoms with Gasteiger partial charge in [-0.05, 0) is 70.7 Å². The van der Waals surface area contributed by atoms with Crippen LogP contribution in [0.1, 0.15) is 46.5 Å². The third kappa shape index (κ3) is 9.22. The highest BCUT2D eigenvalue weighted by Crippen LogP contribution is 2.30. The predicted octanol–water partition coefficient (Wildman–Crippen LogP) is 2.12. The Balaban J connectivity index is 0.00000625. The third-order valence-electron chi connectivity index (χ3n) is 7.54. The second-order valence-corrected chi connectivity index (χ2v) is 15.6. The van der Waals surface area contributed by atoms with Crippen LogP contribution < -0.4 is 5.32 Å². The number of nitrogens with one attached hydrogen (secondary N) is 1. The van der Waals surface area contributed by atoms with Gasteiger partial charge in [0.25, 0.3) is 21.5 Å². The zero-order valence-corrected chi connectivity index (χ0v) is 27.9. The van der Waals surface area contributed by atoms with E-state index in [4.69, 9.17) is 8.92 Å². The smallest absolute Gasteiger partial charge is 0.410 e. The maximum absolute atomic E-state index is 13.8. The SMILES string of the molecule is CC(C)(C)OC(=O)N1CCC(NC(=O)[C@@H]2CC[C@H](OS(=O)(=O)c3ccc([N+](=O)[O-])cc3)CN2S(=O)(=O)c2ccc([N+](=O)[O-])cc2)CC1.O. The first-order valence-corrected chi connectivity index (χ1v) is 17.4. The van der Waals surface area contributed by atoms with Gasteiger partial charge in [-0.1, -0.05) is 0 Å². The summed E-state index contributed by atoms with van der Waals surface area (Å²) in [6, 6.07) is 6.33. The van der Waals surface area contributed by atoms with Crippen molar-refractivity contribution in [2.45, 2.75) is 80.0 Å². The summed E-state index contributed by atoms with van der Waals surface area (Å²) in [5.41, 5.74) is -1.37. The molecule has 0 bridgehead atoms. The maximum Gasteiger partial charge on any atom is 0.410 e. The number of likely N-dealkylation sites (tertiary alicyclic amines) is 1. The van der Waals surface area contributed by atoms with E-state index in [1.54, 1.807) is 20.8 Å². The number of nitrogens with zero attached hydrogens (tertiary/aromatic N) is 4. The summed E-state index contributed by atoms with van der Waals surface area (Å²) in [4.78, 5) is 47.4. The van der Waals surface area contributed by atoms with Crippen molar-refractivity contribution < 1.29 is 50.7 Å².